The van der Waals surface area contributed by atoms with E-state index in [1.165, 1.54) is 38.1 Å². The molecular weight excluding hydrogens is 495 g/mol. The normalized spacial score (nSPS) is 19.1. The average molecular weight is 532 g/mol. The number of benzene rings is 2. The summed E-state index contributed by atoms with van der Waals surface area (Å²) in [6.45, 7) is 6.19. The van der Waals surface area contributed by atoms with E-state index in [-0.39, 0.29) is 17.6 Å². The Bertz CT molecular complexity index is 942. The first-order valence-electron chi connectivity index (χ1n) is 12.3. The van der Waals surface area contributed by atoms with E-state index in [2.05, 4.69) is 38.1 Å². The van der Waals surface area contributed by atoms with Crippen LogP contribution < -0.4 is 5.32 Å². The highest BCUT2D eigenvalue weighted by atomic mass is 79.9. The van der Waals surface area contributed by atoms with Crippen molar-refractivity contribution in [3.8, 4) is 0 Å². The molecular formula is C27H36BrFN4O. The summed E-state index contributed by atoms with van der Waals surface area (Å²) in [7, 11) is 3.92. The van der Waals surface area contributed by atoms with E-state index in [0.29, 0.717) is 24.2 Å². The van der Waals surface area contributed by atoms with Crippen molar-refractivity contribution >= 4 is 21.8 Å². The van der Waals surface area contributed by atoms with Crippen molar-refractivity contribution in [1.29, 1.82) is 0 Å². The molecule has 2 aromatic carbocycles. The van der Waals surface area contributed by atoms with Crippen LogP contribution in [0.2, 0.25) is 0 Å². The Kier molecular flexibility index (Phi) is 8.75. The molecule has 34 heavy (non-hydrogen) atoms. The molecule has 0 bridgehead atoms. The summed E-state index contributed by atoms with van der Waals surface area (Å²) in [5, 5.41) is 3.41. The summed E-state index contributed by atoms with van der Waals surface area (Å²) in [5.74, 6) is -0.0798. The lowest BCUT2D eigenvalue weighted by molar-refractivity contribution is 0.0170. The van der Waals surface area contributed by atoms with Crippen molar-refractivity contribution in [2.75, 3.05) is 53.4 Å². The minimum atomic E-state index is -0.229. The third-order valence-electron chi connectivity index (χ3n) is 7.47. The Morgan fingerprint density at radius 3 is 2.47 bits per heavy atom. The second-order valence-electron chi connectivity index (χ2n) is 9.71. The van der Waals surface area contributed by atoms with Gasteiger partial charge in [0.25, 0.3) is 5.91 Å². The smallest absolute Gasteiger partial charge is 0.254 e. The number of rotatable bonds is 9. The van der Waals surface area contributed by atoms with Gasteiger partial charge in [-0.25, -0.2) is 4.39 Å². The molecule has 2 saturated heterocycles. The number of carbonyl (C=O) groups excluding carboxylic acids is 1. The van der Waals surface area contributed by atoms with Crippen LogP contribution in [0.5, 0.6) is 0 Å². The van der Waals surface area contributed by atoms with Crippen molar-refractivity contribution < 1.29 is 9.18 Å². The molecule has 5 nitrogen and oxygen atoms in total. The Morgan fingerprint density at radius 2 is 1.82 bits per heavy atom. The van der Waals surface area contributed by atoms with Crippen molar-refractivity contribution in [3.05, 3.63) is 69.9 Å². The maximum Gasteiger partial charge on any atom is 0.254 e. The highest BCUT2D eigenvalue weighted by Gasteiger charge is 2.34. The molecule has 2 heterocycles. The third-order valence-corrected chi connectivity index (χ3v) is 8.16. The number of likely N-dealkylation sites (tertiary alicyclic amines) is 2. The molecule has 2 aliphatic heterocycles. The monoisotopic (exact) mass is 530 g/mol. The summed E-state index contributed by atoms with van der Waals surface area (Å²) in [6.07, 6.45) is 3.41. The molecule has 7 heteroatoms. The molecule has 0 aromatic heterocycles. The highest BCUT2D eigenvalue weighted by Crippen LogP contribution is 2.26. The fourth-order valence-electron chi connectivity index (χ4n) is 5.20. The Balaban J connectivity index is 1.33. The van der Waals surface area contributed by atoms with Gasteiger partial charge in [0, 0.05) is 62.2 Å². The zero-order valence-corrected chi connectivity index (χ0v) is 21.8. The quantitative estimate of drug-likeness (QED) is 0.527. The first kappa shape index (κ1) is 25.3. The molecule has 2 aliphatic rings. The number of amides is 1. The van der Waals surface area contributed by atoms with Crippen molar-refractivity contribution in [3.63, 3.8) is 0 Å². The fraction of sp³-hybridized carbons (Fsp3) is 0.519. The predicted octanol–water partition coefficient (Wildman–Crippen LogP) is 4.20. The van der Waals surface area contributed by atoms with Gasteiger partial charge in [0.15, 0.2) is 0 Å². The third kappa shape index (κ3) is 6.25. The van der Waals surface area contributed by atoms with Crippen LogP contribution in [0.25, 0.3) is 0 Å². The van der Waals surface area contributed by atoms with E-state index in [1.807, 2.05) is 43.4 Å². The Labute approximate surface area is 211 Å². The van der Waals surface area contributed by atoms with Gasteiger partial charge in [-0.1, -0.05) is 24.3 Å². The van der Waals surface area contributed by atoms with Gasteiger partial charge in [-0.15, -0.1) is 0 Å². The number of likely N-dealkylation sites (N-methyl/N-ethyl adjacent to an activating group) is 1. The lowest BCUT2D eigenvalue weighted by atomic mass is 9.93. The molecule has 2 aromatic rings. The summed E-state index contributed by atoms with van der Waals surface area (Å²) in [6, 6.07) is 15.6. The summed E-state index contributed by atoms with van der Waals surface area (Å²) >= 11 is 3.49. The molecule has 4 rings (SSSR count). The standard InChI is InChI=1S/C27H36BrFN4O/c1-30-23-12-15-33(16-13-23)24-18-32(19-24)14-11-21(20-7-9-22(29)10-8-20)17-31(2)27(34)25-5-3-4-6-26(25)28/h3-10,21,23-24,30H,11-19H2,1-2H3. The van der Waals surface area contributed by atoms with Crippen LogP contribution in [0.4, 0.5) is 4.39 Å². The van der Waals surface area contributed by atoms with Gasteiger partial charge in [0.1, 0.15) is 5.82 Å². The zero-order valence-electron chi connectivity index (χ0n) is 20.2. The van der Waals surface area contributed by atoms with Crippen LogP contribution in [-0.4, -0.2) is 86.1 Å². The lowest BCUT2D eigenvalue weighted by Gasteiger charge is -2.48. The second-order valence-corrected chi connectivity index (χ2v) is 10.6. The molecule has 0 spiro atoms. The number of carbonyl (C=O) groups is 1. The van der Waals surface area contributed by atoms with Crippen LogP contribution in [0.3, 0.4) is 0 Å². The van der Waals surface area contributed by atoms with E-state index >= 15 is 0 Å². The Hall–Kier alpha value is -1.80. The van der Waals surface area contributed by atoms with E-state index < -0.39 is 0 Å². The van der Waals surface area contributed by atoms with Crippen LogP contribution in [0.1, 0.15) is 41.1 Å². The molecule has 0 aliphatic carbocycles. The first-order chi connectivity index (χ1) is 16.4. The fourth-order valence-corrected chi connectivity index (χ4v) is 5.65. The number of halogens is 2. The van der Waals surface area contributed by atoms with Gasteiger partial charge in [-0.3, -0.25) is 9.69 Å². The highest BCUT2D eigenvalue weighted by molar-refractivity contribution is 9.10. The molecule has 0 saturated carbocycles. The Morgan fingerprint density at radius 1 is 1.15 bits per heavy atom. The minimum absolute atomic E-state index is 0.00595. The zero-order chi connectivity index (χ0) is 24.1. The predicted molar refractivity (Wildman–Crippen MR) is 139 cm³/mol. The number of nitrogens with one attached hydrogen (secondary N) is 1. The van der Waals surface area contributed by atoms with Crippen molar-refractivity contribution in [1.82, 2.24) is 20.0 Å². The summed E-state index contributed by atoms with van der Waals surface area (Å²) in [4.78, 5) is 20.0. The SMILES string of the molecule is CNC1CCN(C2CN(CCC(CN(C)C(=O)c3ccccc3Br)c3ccc(F)cc3)C2)CC1. The maximum absolute atomic E-state index is 13.6. The maximum atomic E-state index is 13.6. The number of piperidine rings is 1. The van der Waals surface area contributed by atoms with Crippen LogP contribution >= 0.6 is 15.9 Å². The van der Waals surface area contributed by atoms with Crippen molar-refractivity contribution in [2.24, 2.45) is 0 Å². The molecule has 1 amide bonds. The summed E-state index contributed by atoms with van der Waals surface area (Å²) in [5.41, 5.74) is 1.75. The number of nitrogens with zero attached hydrogens (tertiary/aromatic N) is 3. The largest absolute Gasteiger partial charge is 0.341 e. The van der Waals surface area contributed by atoms with Crippen LogP contribution in [0, 0.1) is 5.82 Å². The van der Waals surface area contributed by atoms with E-state index in [4.69, 9.17) is 0 Å². The molecule has 1 N–H and O–H groups in total. The van der Waals surface area contributed by atoms with Gasteiger partial charge >= 0.3 is 0 Å². The molecule has 1 atom stereocenters. The number of hydrogen-bond donors (Lipinski definition) is 1. The van der Waals surface area contributed by atoms with Gasteiger partial charge in [0.2, 0.25) is 0 Å². The van der Waals surface area contributed by atoms with Crippen LogP contribution in [-0.2, 0) is 0 Å². The first-order valence-corrected chi connectivity index (χ1v) is 13.1. The lowest BCUT2D eigenvalue weighted by Crippen LogP contribution is -2.61. The summed E-state index contributed by atoms with van der Waals surface area (Å²) < 4.78 is 14.4. The topological polar surface area (TPSA) is 38.8 Å². The van der Waals surface area contributed by atoms with E-state index in [9.17, 15) is 9.18 Å². The van der Waals surface area contributed by atoms with Gasteiger partial charge in [-0.05, 0) is 78.6 Å². The molecule has 0 radical (unpaired) electrons. The van der Waals surface area contributed by atoms with E-state index in [0.717, 1.165) is 36.1 Å². The minimum Gasteiger partial charge on any atom is -0.341 e. The van der Waals surface area contributed by atoms with Crippen molar-refractivity contribution in [2.45, 2.75) is 37.3 Å². The molecule has 2 fully saturated rings. The van der Waals surface area contributed by atoms with Gasteiger partial charge in [0.05, 0.1) is 5.56 Å². The van der Waals surface area contributed by atoms with Crippen LogP contribution in [0.15, 0.2) is 53.0 Å². The molecule has 184 valence electrons. The van der Waals surface area contributed by atoms with Gasteiger partial charge in [-0.2, -0.15) is 0 Å². The average Bonchev–Trinajstić information content (AvgIpc) is 2.83. The number of hydrogen-bond acceptors (Lipinski definition) is 4. The van der Waals surface area contributed by atoms with E-state index in [1.54, 1.807) is 4.90 Å². The van der Waals surface area contributed by atoms with Gasteiger partial charge < -0.3 is 15.1 Å². The molecule has 1 unspecified atom stereocenters. The second kappa shape index (κ2) is 11.8.